The molecule has 0 saturated carbocycles. The van der Waals surface area contributed by atoms with Gasteiger partial charge in [-0.2, -0.15) is 0 Å². The first kappa shape index (κ1) is 19.0. The summed E-state index contributed by atoms with van der Waals surface area (Å²) in [7, 11) is 0. The number of carbonyl (C=O) groups is 2. The lowest BCUT2D eigenvalue weighted by molar-refractivity contribution is -0.137. The van der Waals surface area contributed by atoms with Crippen molar-refractivity contribution in [3.63, 3.8) is 0 Å². The molecule has 0 aromatic heterocycles. The molecule has 0 radical (unpaired) electrons. The molecule has 128 valence electrons. The van der Waals surface area contributed by atoms with E-state index in [1.165, 1.54) is 0 Å². The van der Waals surface area contributed by atoms with Crippen molar-refractivity contribution in [1.82, 2.24) is 0 Å². The van der Waals surface area contributed by atoms with Gasteiger partial charge in [0.15, 0.2) is 11.5 Å². The summed E-state index contributed by atoms with van der Waals surface area (Å²) in [6, 6.07) is 5.03. The fourth-order valence-corrected chi connectivity index (χ4v) is 1.86. The Morgan fingerprint density at radius 1 is 0.870 bits per heavy atom. The standard InChI is InChI=1S/C18H26O5/c1-4-7-13-21-14-11-8-12-15(22-16(19)9-5-2)18(14)23-17(20)10-6-3/h8,11-12H,4-7,9-10,13H2,1-3H3. The van der Waals surface area contributed by atoms with Crippen LogP contribution in [-0.4, -0.2) is 18.5 Å². The molecular formula is C18H26O5. The van der Waals surface area contributed by atoms with E-state index in [4.69, 9.17) is 14.2 Å². The third-order valence-electron chi connectivity index (χ3n) is 3.05. The Morgan fingerprint density at radius 2 is 1.48 bits per heavy atom. The van der Waals surface area contributed by atoms with E-state index in [1.54, 1.807) is 18.2 Å². The minimum atomic E-state index is -0.369. The van der Waals surface area contributed by atoms with Gasteiger partial charge in [0.25, 0.3) is 0 Å². The van der Waals surface area contributed by atoms with Crippen molar-refractivity contribution in [3.05, 3.63) is 18.2 Å². The first-order valence-electron chi connectivity index (χ1n) is 8.29. The third kappa shape index (κ3) is 6.72. The Bertz CT molecular complexity index is 510. The average molecular weight is 322 g/mol. The molecule has 5 nitrogen and oxygen atoms in total. The van der Waals surface area contributed by atoms with E-state index in [0.717, 1.165) is 12.8 Å². The number of carbonyl (C=O) groups excluding carboxylic acids is 2. The van der Waals surface area contributed by atoms with E-state index < -0.39 is 0 Å². The second-order valence-corrected chi connectivity index (χ2v) is 5.23. The zero-order valence-corrected chi connectivity index (χ0v) is 14.2. The van der Waals surface area contributed by atoms with Crippen LogP contribution in [0.1, 0.15) is 59.3 Å². The quantitative estimate of drug-likeness (QED) is 0.365. The average Bonchev–Trinajstić information content (AvgIpc) is 2.51. The van der Waals surface area contributed by atoms with E-state index >= 15 is 0 Å². The zero-order valence-electron chi connectivity index (χ0n) is 14.2. The van der Waals surface area contributed by atoms with Crippen LogP contribution in [0, 0.1) is 0 Å². The Morgan fingerprint density at radius 3 is 2.09 bits per heavy atom. The molecule has 0 N–H and O–H groups in total. The number of esters is 2. The first-order valence-corrected chi connectivity index (χ1v) is 8.29. The highest BCUT2D eigenvalue weighted by Gasteiger charge is 2.18. The molecule has 0 amide bonds. The fraction of sp³-hybridized carbons (Fsp3) is 0.556. The lowest BCUT2D eigenvalue weighted by Gasteiger charge is -2.15. The molecule has 23 heavy (non-hydrogen) atoms. The molecular weight excluding hydrogens is 296 g/mol. The highest BCUT2D eigenvalue weighted by Crippen LogP contribution is 2.38. The molecule has 0 bridgehead atoms. The number of hydrogen-bond acceptors (Lipinski definition) is 5. The third-order valence-corrected chi connectivity index (χ3v) is 3.05. The zero-order chi connectivity index (χ0) is 17.1. The molecule has 0 aliphatic heterocycles. The van der Waals surface area contributed by atoms with Crippen molar-refractivity contribution in [2.75, 3.05) is 6.61 Å². The molecule has 0 aliphatic carbocycles. The van der Waals surface area contributed by atoms with Gasteiger partial charge < -0.3 is 14.2 Å². The van der Waals surface area contributed by atoms with Gasteiger partial charge in [-0.15, -0.1) is 0 Å². The molecule has 1 aromatic carbocycles. The molecule has 1 aromatic rings. The maximum atomic E-state index is 11.8. The number of ether oxygens (including phenoxy) is 3. The van der Waals surface area contributed by atoms with Gasteiger partial charge in [0.1, 0.15) is 0 Å². The van der Waals surface area contributed by atoms with Gasteiger partial charge in [-0.25, -0.2) is 0 Å². The largest absolute Gasteiger partial charge is 0.490 e. The molecule has 1 rings (SSSR count). The number of rotatable bonds is 10. The van der Waals surface area contributed by atoms with Crippen molar-refractivity contribution < 1.29 is 23.8 Å². The van der Waals surface area contributed by atoms with Crippen LogP contribution >= 0.6 is 0 Å². The predicted octanol–water partition coefficient (Wildman–Crippen LogP) is 4.28. The lowest BCUT2D eigenvalue weighted by atomic mass is 10.2. The number of para-hydroxylation sites is 1. The van der Waals surface area contributed by atoms with Gasteiger partial charge in [0.2, 0.25) is 5.75 Å². The minimum absolute atomic E-state index is 0.187. The lowest BCUT2D eigenvalue weighted by Crippen LogP contribution is -2.13. The summed E-state index contributed by atoms with van der Waals surface area (Å²) in [6.07, 6.45) is 3.87. The number of hydrogen-bond donors (Lipinski definition) is 0. The maximum Gasteiger partial charge on any atom is 0.311 e. The summed E-state index contributed by atoms with van der Waals surface area (Å²) in [5, 5.41) is 0. The molecule has 0 saturated heterocycles. The molecule has 0 unspecified atom stereocenters. The Balaban J connectivity index is 2.98. The maximum absolute atomic E-state index is 11.8. The summed E-state index contributed by atoms with van der Waals surface area (Å²) in [4.78, 5) is 23.6. The molecule has 0 fully saturated rings. The monoisotopic (exact) mass is 322 g/mol. The van der Waals surface area contributed by atoms with E-state index in [2.05, 4.69) is 6.92 Å². The van der Waals surface area contributed by atoms with E-state index in [-0.39, 0.29) is 23.4 Å². The van der Waals surface area contributed by atoms with Crippen molar-refractivity contribution in [2.45, 2.75) is 59.3 Å². The second kappa shape index (κ2) is 10.6. The Hall–Kier alpha value is -2.04. The molecule has 0 spiro atoms. The molecule has 0 aliphatic rings. The summed E-state index contributed by atoms with van der Waals surface area (Å²) in [5.74, 6) is 0.107. The topological polar surface area (TPSA) is 61.8 Å². The summed E-state index contributed by atoms with van der Waals surface area (Å²) < 4.78 is 16.4. The van der Waals surface area contributed by atoms with Crippen molar-refractivity contribution in [1.29, 1.82) is 0 Å². The Labute approximate surface area is 137 Å². The van der Waals surface area contributed by atoms with Gasteiger partial charge in [-0.05, 0) is 31.4 Å². The summed E-state index contributed by atoms with van der Waals surface area (Å²) in [5.41, 5.74) is 0. The van der Waals surface area contributed by atoms with Gasteiger partial charge in [0.05, 0.1) is 6.61 Å². The summed E-state index contributed by atoms with van der Waals surface area (Å²) >= 11 is 0. The first-order chi connectivity index (χ1) is 11.1. The van der Waals surface area contributed by atoms with Gasteiger partial charge in [0, 0.05) is 12.8 Å². The van der Waals surface area contributed by atoms with Crippen LogP contribution < -0.4 is 14.2 Å². The van der Waals surface area contributed by atoms with Crippen molar-refractivity contribution >= 4 is 11.9 Å². The normalized spacial score (nSPS) is 10.2. The van der Waals surface area contributed by atoms with Crippen molar-refractivity contribution in [2.24, 2.45) is 0 Å². The second-order valence-electron chi connectivity index (χ2n) is 5.23. The van der Waals surface area contributed by atoms with Crippen LogP contribution in [0.2, 0.25) is 0 Å². The smallest absolute Gasteiger partial charge is 0.311 e. The van der Waals surface area contributed by atoms with E-state index in [9.17, 15) is 9.59 Å². The van der Waals surface area contributed by atoms with Gasteiger partial charge >= 0.3 is 11.9 Å². The van der Waals surface area contributed by atoms with Crippen LogP contribution in [0.15, 0.2) is 18.2 Å². The van der Waals surface area contributed by atoms with Gasteiger partial charge in [-0.1, -0.05) is 33.3 Å². The van der Waals surface area contributed by atoms with Crippen LogP contribution in [0.5, 0.6) is 17.2 Å². The number of benzene rings is 1. The highest BCUT2D eigenvalue weighted by atomic mass is 16.6. The Kier molecular flexibility index (Phi) is 8.80. The van der Waals surface area contributed by atoms with Crippen LogP contribution in [-0.2, 0) is 9.59 Å². The minimum Gasteiger partial charge on any atom is -0.490 e. The molecule has 0 atom stereocenters. The SMILES string of the molecule is CCCCOc1cccc(OC(=O)CCC)c1OC(=O)CCC. The number of unbranched alkanes of at least 4 members (excludes halogenated alkanes) is 1. The van der Waals surface area contributed by atoms with E-state index in [0.29, 0.717) is 38.0 Å². The summed E-state index contributed by atoms with van der Waals surface area (Å²) in [6.45, 7) is 6.37. The van der Waals surface area contributed by atoms with Crippen LogP contribution in [0.4, 0.5) is 0 Å². The van der Waals surface area contributed by atoms with Crippen molar-refractivity contribution in [3.8, 4) is 17.2 Å². The molecule has 5 heteroatoms. The predicted molar refractivity (Wildman–Crippen MR) is 87.9 cm³/mol. The highest BCUT2D eigenvalue weighted by molar-refractivity contribution is 5.77. The van der Waals surface area contributed by atoms with Crippen LogP contribution in [0.25, 0.3) is 0 Å². The fourth-order valence-electron chi connectivity index (χ4n) is 1.86. The van der Waals surface area contributed by atoms with Gasteiger partial charge in [-0.3, -0.25) is 9.59 Å². The van der Waals surface area contributed by atoms with E-state index in [1.807, 2.05) is 13.8 Å². The van der Waals surface area contributed by atoms with Crippen LogP contribution in [0.3, 0.4) is 0 Å². The molecule has 0 heterocycles.